The average Bonchev–Trinajstić information content (AvgIpc) is 2.64. The quantitative estimate of drug-likeness (QED) is 0.765. The van der Waals surface area contributed by atoms with E-state index in [0.29, 0.717) is 10.9 Å². The van der Waals surface area contributed by atoms with Gasteiger partial charge in [-0.25, -0.2) is 9.37 Å². The van der Waals surface area contributed by atoms with E-state index < -0.39 is 0 Å². The molecule has 0 bridgehead atoms. The summed E-state index contributed by atoms with van der Waals surface area (Å²) in [5.41, 5.74) is 1.49. The molecule has 0 spiro atoms. The Morgan fingerprint density at radius 3 is 2.87 bits per heavy atom. The van der Waals surface area contributed by atoms with E-state index in [9.17, 15) is 4.39 Å². The zero-order chi connectivity index (χ0) is 10.8. The van der Waals surface area contributed by atoms with Crippen LogP contribution in [0, 0.1) is 12.7 Å². The summed E-state index contributed by atoms with van der Waals surface area (Å²) in [4.78, 5) is 4.12. The number of imidazole rings is 1. The van der Waals surface area contributed by atoms with E-state index in [0.717, 1.165) is 11.5 Å². The third kappa shape index (κ3) is 1.81. The summed E-state index contributed by atoms with van der Waals surface area (Å²) < 4.78 is 15.4. The number of nitrogens with zero attached hydrogens (tertiary/aromatic N) is 2. The minimum Gasteiger partial charge on any atom is -0.304 e. The Bertz CT molecular complexity index is 479. The molecule has 0 aliphatic heterocycles. The second kappa shape index (κ2) is 4.14. The van der Waals surface area contributed by atoms with Crippen molar-refractivity contribution in [2.75, 3.05) is 0 Å². The highest BCUT2D eigenvalue weighted by Gasteiger charge is 2.09. The Hall–Kier alpha value is -1.16. The van der Waals surface area contributed by atoms with Crippen molar-refractivity contribution in [1.29, 1.82) is 0 Å². The Labute approximate surface area is 95.9 Å². The molecule has 1 aromatic heterocycles. The van der Waals surface area contributed by atoms with Gasteiger partial charge in [0.2, 0.25) is 0 Å². The molecule has 4 heteroatoms. The van der Waals surface area contributed by atoms with E-state index in [4.69, 9.17) is 0 Å². The second-order valence-corrected chi connectivity index (χ2v) is 3.78. The first-order valence-electron chi connectivity index (χ1n) is 4.57. The highest BCUT2D eigenvalue weighted by atomic mass is 79.9. The molecule has 78 valence electrons. The normalized spacial score (nSPS) is 10.6. The van der Waals surface area contributed by atoms with E-state index in [1.54, 1.807) is 12.3 Å². The SMILES string of the molecule is Cc1nccn1-c1cccc(F)c1CBr. The van der Waals surface area contributed by atoms with Gasteiger partial charge in [-0.1, -0.05) is 22.0 Å². The molecular formula is C11H10BrFN2. The fraction of sp³-hybridized carbons (Fsp3) is 0.182. The lowest BCUT2D eigenvalue weighted by atomic mass is 10.2. The van der Waals surface area contributed by atoms with E-state index in [2.05, 4.69) is 20.9 Å². The summed E-state index contributed by atoms with van der Waals surface area (Å²) in [5.74, 6) is 0.653. The zero-order valence-electron chi connectivity index (χ0n) is 8.24. The van der Waals surface area contributed by atoms with Crippen LogP contribution < -0.4 is 0 Å². The van der Waals surface area contributed by atoms with Gasteiger partial charge >= 0.3 is 0 Å². The molecule has 0 N–H and O–H groups in total. The first-order valence-corrected chi connectivity index (χ1v) is 5.70. The van der Waals surface area contributed by atoms with Crippen LogP contribution in [0.15, 0.2) is 30.6 Å². The van der Waals surface area contributed by atoms with Crippen LogP contribution in [0.3, 0.4) is 0 Å². The lowest BCUT2D eigenvalue weighted by Gasteiger charge is -2.10. The molecule has 0 amide bonds. The minimum absolute atomic E-state index is 0.197. The monoisotopic (exact) mass is 268 g/mol. The Morgan fingerprint density at radius 1 is 1.47 bits per heavy atom. The third-order valence-corrected chi connectivity index (χ3v) is 2.87. The molecule has 0 aliphatic rings. The molecule has 0 fully saturated rings. The van der Waals surface area contributed by atoms with Crippen molar-refractivity contribution in [1.82, 2.24) is 9.55 Å². The topological polar surface area (TPSA) is 17.8 Å². The summed E-state index contributed by atoms with van der Waals surface area (Å²) in [6, 6.07) is 5.05. The molecule has 2 nitrogen and oxygen atoms in total. The van der Waals surface area contributed by atoms with Gasteiger partial charge in [0.25, 0.3) is 0 Å². The highest BCUT2D eigenvalue weighted by Crippen LogP contribution is 2.21. The first-order chi connectivity index (χ1) is 7.24. The molecule has 0 aliphatic carbocycles. The van der Waals surface area contributed by atoms with E-state index >= 15 is 0 Å². The van der Waals surface area contributed by atoms with Crippen LogP contribution in [0.1, 0.15) is 11.4 Å². The number of aryl methyl sites for hydroxylation is 1. The summed E-state index contributed by atoms with van der Waals surface area (Å²) in [6.45, 7) is 1.89. The zero-order valence-corrected chi connectivity index (χ0v) is 9.83. The number of halogens is 2. The van der Waals surface area contributed by atoms with Crippen LogP contribution in [0.4, 0.5) is 4.39 Å². The maximum Gasteiger partial charge on any atom is 0.129 e. The predicted octanol–water partition coefficient (Wildman–Crippen LogP) is 3.21. The van der Waals surface area contributed by atoms with Crippen molar-refractivity contribution in [3.05, 3.63) is 47.8 Å². The molecule has 1 heterocycles. The lowest BCUT2D eigenvalue weighted by molar-refractivity contribution is 0.615. The van der Waals surface area contributed by atoms with E-state index in [1.165, 1.54) is 6.07 Å². The fourth-order valence-corrected chi connectivity index (χ4v) is 2.09. The van der Waals surface area contributed by atoms with Gasteiger partial charge in [0.05, 0.1) is 5.69 Å². The van der Waals surface area contributed by atoms with Crippen LogP contribution in [0.2, 0.25) is 0 Å². The Balaban J connectivity index is 2.63. The number of rotatable bonds is 2. The maximum absolute atomic E-state index is 13.5. The molecular weight excluding hydrogens is 259 g/mol. The molecule has 0 saturated heterocycles. The molecule has 0 atom stereocenters. The standard InChI is InChI=1S/C11H10BrFN2/c1-8-14-5-6-15(8)11-4-2-3-10(13)9(11)7-12/h2-6H,7H2,1H3. The predicted molar refractivity (Wildman–Crippen MR) is 60.9 cm³/mol. The molecule has 2 aromatic rings. The van der Waals surface area contributed by atoms with Gasteiger partial charge in [0.1, 0.15) is 11.6 Å². The van der Waals surface area contributed by atoms with Crippen LogP contribution in [-0.2, 0) is 5.33 Å². The molecule has 1 aromatic carbocycles. The van der Waals surface area contributed by atoms with Crippen LogP contribution in [0.25, 0.3) is 5.69 Å². The highest BCUT2D eigenvalue weighted by molar-refractivity contribution is 9.08. The number of hydrogen-bond acceptors (Lipinski definition) is 1. The van der Waals surface area contributed by atoms with Gasteiger partial charge in [0.15, 0.2) is 0 Å². The lowest BCUT2D eigenvalue weighted by Crippen LogP contribution is -2.01. The molecule has 2 rings (SSSR count). The minimum atomic E-state index is -0.197. The molecule has 0 unspecified atom stereocenters. The van der Waals surface area contributed by atoms with Crippen molar-refractivity contribution >= 4 is 15.9 Å². The van der Waals surface area contributed by atoms with Gasteiger partial charge in [-0.15, -0.1) is 0 Å². The van der Waals surface area contributed by atoms with Crippen LogP contribution >= 0.6 is 15.9 Å². The number of benzene rings is 1. The van der Waals surface area contributed by atoms with E-state index in [-0.39, 0.29) is 5.82 Å². The van der Waals surface area contributed by atoms with Crippen molar-refractivity contribution in [3.63, 3.8) is 0 Å². The smallest absolute Gasteiger partial charge is 0.129 e. The second-order valence-electron chi connectivity index (χ2n) is 3.22. The van der Waals surface area contributed by atoms with Gasteiger partial charge in [-0.05, 0) is 19.1 Å². The summed E-state index contributed by atoms with van der Waals surface area (Å²) >= 11 is 3.30. The molecule has 0 radical (unpaired) electrons. The van der Waals surface area contributed by atoms with Crippen molar-refractivity contribution in [2.24, 2.45) is 0 Å². The number of hydrogen-bond donors (Lipinski definition) is 0. The summed E-state index contributed by atoms with van der Waals surface area (Å²) in [6.07, 6.45) is 3.54. The number of alkyl halides is 1. The van der Waals surface area contributed by atoms with Crippen molar-refractivity contribution in [2.45, 2.75) is 12.3 Å². The van der Waals surface area contributed by atoms with E-state index in [1.807, 2.05) is 23.8 Å². The Morgan fingerprint density at radius 2 is 2.27 bits per heavy atom. The first kappa shape index (κ1) is 10.4. The maximum atomic E-state index is 13.5. The van der Waals surface area contributed by atoms with Crippen LogP contribution in [0.5, 0.6) is 0 Å². The molecule has 15 heavy (non-hydrogen) atoms. The van der Waals surface area contributed by atoms with Crippen molar-refractivity contribution < 1.29 is 4.39 Å². The van der Waals surface area contributed by atoms with Gasteiger partial charge < -0.3 is 4.57 Å². The summed E-state index contributed by atoms with van der Waals surface area (Å²) in [7, 11) is 0. The third-order valence-electron chi connectivity index (χ3n) is 2.31. The van der Waals surface area contributed by atoms with Gasteiger partial charge in [0, 0.05) is 23.3 Å². The molecule has 0 saturated carbocycles. The van der Waals surface area contributed by atoms with Crippen LogP contribution in [-0.4, -0.2) is 9.55 Å². The average molecular weight is 269 g/mol. The van der Waals surface area contributed by atoms with Crippen molar-refractivity contribution in [3.8, 4) is 5.69 Å². The summed E-state index contributed by atoms with van der Waals surface area (Å²) in [5, 5.41) is 0.493. The fourth-order valence-electron chi connectivity index (χ4n) is 1.54. The largest absolute Gasteiger partial charge is 0.304 e. The number of aromatic nitrogens is 2. The van der Waals surface area contributed by atoms with Gasteiger partial charge in [-0.2, -0.15) is 0 Å². The Kier molecular flexibility index (Phi) is 2.86. The van der Waals surface area contributed by atoms with Gasteiger partial charge in [-0.3, -0.25) is 0 Å².